The van der Waals surface area contributed by atoms with Crippen LogP contribution in [-0.4, -0.2) is 48.9 Å². The summed E-state index contributed by atoms with van der Waals surface area (Å²) in [4.78, 5) is 9.06. The summed E-state index contributed by atoms with van der Waals surface area (Å²) in [5.41, 5.74) is 0.855. The molecule has 1 atom stereocenters. The van der Waals surface area contributed by atoms with Gasteiger partial charge < -0.3 is 19.9 Å². The number of halogens is 1. The number of nitrogens with zero attached hydrogens (tertiary/aromatic N) is 3. The van der Waals surface area contributed by atoms with Crippen molar-refractivity contribution >= 4 is 17.6 Å². The summed E-state index contributed by atoms with van der Waals surface area (Å²) in [6, 6.07) is 7.38. The number of rotatable bonds is 8. The maximum absolute atomic E-state index is 6.01. The molecule has 0 bridgehead atoms. The zero-order valence-electron chi connectivity index (χ0n) is 17.3. The van der Waals surface area contributed by atoms with Crippen LogP contribution in [0, 0.1) is 5.41 Å². The van der Waals surface area contributed by atoms with E-state index in [1.165, 1.54) is 0 Å². The van der Waals surface area contributed by atoms with Crippen molar-refractivity contribution in [1.82, 2.24) is 20.8 Å². The van der Waals surface area contributed by atoms with E-state index in [0.717, 1.165) is 18.1 Å². The Morgan fingerprint density at radius 1 is 1.32 bits per heavy atom. The van der Waals surface area contributed by atoms with Gasteiger partial charge in [-0.3, -0.25) is 4.99 Å². The van der Waals surface area contributed by atoms with Gasteiger partial charge in [-0.05, 0) is 24.5 Å². The van der Waals surface area contributed by atoms with E-state index in [0.29, 0.717) is 36.2 Å². The quantitative estimate of drug-likeness (QED) is 0.514. The Hall–Kier alpha value is -2.12. The molecule has 8 heteroatoms. The number of methoxy groups -OCH3 is 1. The van der Waals surface area contributed by atoms with Gasteiger partial charge in [-0.25, -0.2) is 0 Å². The highest BCUT2D eigenvalue weighted by Crippen LogP contribution is 2.22. The van der Waals surface area contributed by atoms with Gasteiger partial charge in [0.2, 0.25) is 11.7 Å². The first kappa shape index (κ1) is 22.2. The molecule has 1 aromatic heterocycles. The summed E-state index contributed by atoms with van der Waals surface area (Å²) in [5, 5.41) is 11.2. The smallest absolute Gasteiger partial charge is 0.228 e. The molecule has 1 aromatic carbocycles. The minimum atomic E-state index is 0.0239. The second-order valence-corrected chi connectivity index (χ2v) is 7.95. The number of hydrogen-bond donors (Lipinski definition) is 2. The number of ether oxygens (including phenoxy) is 1. The lowest BCUT2D eigenvalue weighted by molar-refractivity contribution is 0.0241. The molecule has 0 radical (unpaired) electrons. The van der Waals surface area contributed by atoms with Crippen LogP contribution in [-0.2, 0) is 11.2 Å². The van der Waals surface area contributed by atoms with E-state index in [4.69, 9.17) is 20.9 Å². The third-order valence-electron chi connectivity index (χ3n) is 4.19. The Morgan fingerprint density at radius 3 is 2.75 bits per heavy atom. The lowest BCUT2D eigenvalue weighted by Gasteiger charge is -2.28. The monoisotopic (exact) mass is 407 g/mol. The molecular formula is C20H30ClN5O2. The molecule has 7 nitrogen and oxygen atoms in total. The standard InChI is InChI=1S/C20H30ClN5O2/c1-6-22-19(24-13-16(27-5)20(2,3)4)23-11-10-17-25-18(26-28-17)14-8-7-9-15(21)12-14/h7-9,12,16H,6,10-11,13H2,1-5H3,(H2,22,23,24). The van der Waals surface area contributed by atoms with Crippen LogP contribution in [0.1, 0.15) is 33.6 Å². The number of hydrogen-bond acceptors (Lipinski definition) is 5. The zero-order chi connectivity index (χ0) is 20.6. The molecule has 0 aliphatic carbocycles. The molecular weight excluding hydrogens is 378 g/mol. The van der Waals surface area contributed by atoms with Crippen molar-refractivity contribution in [2.75, 3.05) is 26.7 Å². The molecule has 0 saturated heterocycles. The van der Waals surface area contributed by atoms with Crippen molar-refractivity contribution < 1.29 is 9.26 Å². The summed E-state index contributed by atoms with van der Waals surface area (Å²) in [5.74, 6) is 1.83. The number of benzene rings is 1. The van der Waals surface area contributed by atoms with Gasteiger partial charge in [-0.15, -0.1) is 0 Å². The van der Waals surface area contributed by atoms with E-state index in [1.54, 1.807) is 7.11 Å². The lowest BCUT2D eigenvalue weighted by Crippen LogP contribution is -2.40. The van der Waals surface area contributed by atoms with E-state index in [2.05, 4.69) is 46.5 Å². The Kier molecular flexibility index (Phi) is 8.26. The molecule has 1 heterocycles. The molecule has 0 aliphatic heterocycles. The van der Waals surface area contributed by atoms with Gasteiger partial charge in [0.15, 0.2) is 5.96 Å². The highest BCUT2D eigenvalue weighted by molar-refractivity contribution is 6.30. The van der Waals surface area contributed by atoms with Crippen molar-refractivity contribution in [3.8, 4) is 11.4 Å². The Bertz CT molecular complexity index is 770. The van der Waals surface area contributed by atoms with Gasteiger partial charge in [0.05, 0.1) is 12.6 Å². The van der Waals surface area contributed by atoms with Crippen LogP contribution in [0.2, 0.25) is 5.02 Å². The van der Waals surface area contributed by atoms with Gasteiger partial charge in [0.1, 0.15) is 0 Å². The van der Waals surface area contributed by atoms with Crippen LogP contribution in [0.15, 0.2) is 33.8 Å². The summed E-state index contributed by atoms with van der Waals surface area (Å²) in [7, 11) is 1.72. The second-order valence-electron chi connectivity index (χ2n) is 7.51. The molecule has 2 rings (SSSR count). The average Bonchev–Trinajstić information content (AvgIpc) is 3.10. The fraction of sp³-hybridized carbons (Fsp3) is 0.550. The third kappa shape index (κ3) is 6.80. The predicted molar refractivity (Wildman–Crippen MR) is 113 cm³/mol. The SMILES string of the molecule is CCNC(=NCC(OC)C(C)(C)C)NCCc1nc(-c2cccc(Cl)c2)no1. The highest BCUT2D eigenvalue weighted by Gasteiger charge is 2.24. The number of nitrogens with one attached hydrogen (secondary N) is 2. The molecule has 2 aromatic rings. The maximum Gasteiger partial charge on any atom is 0.228 e. The van der Waals surface area contributed by atoms with Crippen LogP contribution >= 0.6 is 11.6 Å². The number of aliphatic imine (C=N–C) groups is 1. The van der Waals surface area contributed by atoms with E-state index < -0.39 is 0 Å². The van der Waals surface area contributed by atoms with Crippen molar-refractivity contribution in [1.29, 1.82) is 0 Å². The van der Waals surface area contributed by atoms with Crippen molar-refractivity contribution in [2.24, 2.45) is 10.4 Å². The van der Waals surface area contributed by atoms with Gasteiger partial charge in [-0.1, -0.05) is 49.7 Å². The van der Waals surface area contributed by atoms with E-state index >= 15 is 0 Å². The Balaban J connectivity index is 1.91. The zero-order valence-corrected chi connectivity index (χ0v) is 18.0. The van der Waals surface area contributed by atoms with E-state index in [-0.39, 0.29) is 11.5 Å². The molecule has 0 spiro atoms. The molecule has 0 fully saturated rings. The predicted octanol–water partition coefficient (Wildman–Crippen LogP) is 3.55. The molecule has 2 N–H and O–H groups in total. The van der Waals surface area contributed by atoms with E-state index in [9.17, 15) is 0 Å². The average molecular weight is 408 g/mol. The van der Waals surface area contributed by atoms with Gasteiger partial charge in [0.25, 0.3) is 0 Å². The fourth-order valence-corrected chi connectivity index (χ4v) is 2.80. The topological polar surface area (TPSA) is 84.6 Å². The maximum atomic E-state index is 6.01. The van der Waals surface area contributed by atoms with Crippen LogP contribution in [0.3, 0.4) is 0 Å². The molecule has 1 unspecified atom stereocenters. The van der Waals surface area contributed by atoms with Gasteiger partial charge in [0, 0.05) is 37.2 Å². The summed E-state index contributed by atoms with van der Waals surface area (Å²) in [6.45, 7) is 10.4. The third-order valence-corrected chi connectivity index (χ3v) is 4.43. The summed E-state index contributed by atoms with van der Waals surface area (Å²) >= 11 is 6.01. The molecule has 0 amide bonds. The van der Waals surface area contributed by atoms with Gasteiger partial charge in [-0.2, -0.15) is 4.98 Å². The molecule has 0 saturated carbocycles. The Morgan fingerprint density at radius 2 is 2.11 bits per heavy atom. The van der Waals surface area contributed by atoms with Crippen molar-refractivity contribution in [3.05, 3.63) is 35.2 Å². The van der Waals surface area contributed by atoms with Crippen molar-refractivity contribution in [3.63, 3.8) is 0 Å². The fourth-order valence-electron chi connectivity index (χ4n) is 2.61. The first-order valence-corrected chi connectivity index (χ1v) is 9.84. The molecule has 154 valence electrons. The van der Waals surface area contributed by atoms with Crippen LogP contribution < -0.4 is 10.6 Å². The largest absolute Gasteiger partial charge is 0.379 e. The molecule has 28 heavy (non-hydrogen) atoms. The normalized spacial score (nSPS) is 13.4. The lowest BCUT2D eigenvalue weighted by atomic mass is 9.89. The first-order chi connectivity index (χ1) is 13.3. The van der Waals surface area contributed by atoms with Crippen molar-refractivity contribution in [2.45, 2.75) is 40.2 Å². The number of aromatic nitrogens is 2. The van der Waals surface area contributed by atoms with E-state index in [1.807, 2.05) is 31.2 Å². The Labute approximate surface area is 171 Å². The van der Waals surface area contributed by atoms with Crippen LogP contribution in [0.5, 0.6) is 0 Å². The van der Waals surface area contributed by atoms with Gasteiger partial charge >= 0.3 is 0 Å². The minimum absolute atomic E-state index is 0.0239. The number of guanidine groups is 1. The second kappa shape index (κ2) is 10.4. The minimum Gasteiger partial charge on any atom is -0.379 e. The molecule has 0 aliphatic rings. The first-order valence-electron chi connectivity index (χ1n) is 9.47. The van der Waals surface area contributed by atoms with Crippen LogP contribution in [0.25, 0.3) is 11.4 Å². The highest BCUT2D eigenvalue weighted by atomic mass is 35.5. The summed E-state index contributed by atoms with van der Waals surface area (Å²) in [6.07, 6.45) is 0.629. The van der Waals surface area contributed by atoms with Crippen LogP contribution in [0.4, 0.5) is 0 Å². The summed E-state index contributed by atoms with van der Waals surface area (Å²) < 4.78 is 10.9.